The van der Waals surface area contributed by atoms with Crippen molar-refractivity contribution in [1.82, 2.24) is 10.9 Å². The highest BCUT2D eigenvalue weighted by atomic mass is 79.9. The highest BCUT2D eigenvalue weighted by Crippen LogP contribution is 2.22. The molecular formula is C27H34Br2N4O4. The molecule has 200 valence electrons. The number of hydrazone groups is 2. The van der Waals surface area contributed by atoms with Gasteiger partial charge in [0.05, 0.1) is 25.6 Å². The molecule has 0 unspecified atom stereocenters. The second kappa shape index (κ2) is 17.7. The monoisotopic (exact) mass is 636 g/mol. The molecule has 2 aromatic carbocycles. The summed E-state index contributed by atoms with van der Waals surface area (Å²) in [7, 11) is 0. The van der Waals surface area contributed by atoms with Crippen LogP contribution >= 0.6 is 31.9 Å². The van der Waals surface area contributed by atoms with E-state index in [0.29, 0.717) is 37.6 Å². The number of hydrogen-bond donors (Lipinski definition) is 2. The molecular weight excluding hydrogens is 604 g/mol. The third-order valence-electron chi connectivity index (χ3n) is 5.14. The van der Waals surface area contributed by atoms with Crippen LogP contribution in [0.15, 0.2) is 55.5 Å². The summed E-state index contributed by atoms with van der Waals surface area (Å²) in [5.74, 6) is 1.17. The predicted molar refractivity (Wildman–Crippen MR) is 154 cm³/mol. The molecule has 2 rings (SSSR count). The van der Waals surface area contributed by atoms with Gasteiger partial charge in [-0.2, -0.15) is 10.2 Å². The summed E-state index contributed by atoms with van der Waals surface area (Å²) < 4.78 is 13.0. The maximum Gasteiger partial charge on any atom is 0.240 e. The number of nitrogens with one attached hydrogen (secondary N) is 2. The van der Waals surface area contributed by atoms with Crippen molar-refractivity contribution in [2.45, 2.75) is 58.8 Å². The molecule has 0 aliphatic heterocycles. The van der Waals surface area contributed by atoms with Gasteiger partial charge in [-0.3, -0.25) is 9.59 Å². The quantitative estimate of drug-likeness (QED) is 0.127. The van der Waals surface area contributed by atoms with Crippen molar-refractivity contribution < 1.29 is 19.1 Å². The van der Waals surface area contributed by atoms with Crippen molar-refractivity contribution in [2.75, 3.05) is 13.2 Å². The minimum Gasteiger partial charge on any atom is -0.493 e. The number of halogens is 2. The average molecular weight is 638 g/mol. The molecule has 2 aromatic rings. The van der Waals surface area contributed by atoms with Crippen molar-refractivity contribution in [3.63, 3.8) is 0 Å². The molecule has 0 saturated heterocycles. The molecule has 8 nitrogen and oxygen atoms in total. The zero-order chi connectivity index (χ0) is 26.9. The van der Waals surface area contributed by atoms with Crippen LogP contribution in [0.3, 0.4) is 0 Å². The molecule has 37 heavy (non-hydrogen) atoms. The van der Waals surface area contributed by atoms with E-state index in [1.54, 1.807) is 12.4 Å². The van der Waals surface area contributed by atoms with Gasteiger partial charge in [-0.15, -0.1) is 0 Å². The van der Waals surface area contributed by atoms with E-state index < -0.39 is 0 Å². The maximum atomic E-state index is 12.0. The summed E-state index contributed by atoms with van der Waals surface area (Å²) in [4.78, 5) is 24.1. The van der Waals surface area contributed by atoms with E-state index in [4.69, 9.17) is 9.47 Å². The minimum absolute atomic E-state index is 0.126. The lowest BCUT2D eigenvalue weighted by atomic mass is 10.1. The first-order chi connectivity index (χ1) is 17.9. The fourth-order valence-corrected chi connectivity index (χ4v) is 4.13. The summed E-state index contributed by atoms with van der Waals surface area (Å²) in [5.41, 5.74) is 6.70. The lowest BCUT2D eigenvalue weighted by molar-refractivity contribution is -0.121. The Labute approximate surface area is 235 Å². The topological polar surface area (TPSA) is 101 Å². The second-order valence-corrected chi connectivity index (χ2v) is 9.92. The summed E-state index contributed by atoms with van der Waals surface area (Å²) in [6.45, 7) is 4.93. The van der Waals surface area contributed by atoms with E-state index in [2.05, 4.69) is 52.9 Å². The molecule has 10 heteroatoms. The molecule has 0 spiro atoms. The third kappa shape index (κ3) is 12.4. The number of amides is 2. The summed E-state index contributed by atoms with van der Waals surface area (Å²) >= 11 is 6.85. The standard InChI is InChI=1S/C27H34Br2N4O4/c1-3-36-24-14-12-22(28)16-20(24)18-30-32-26(34)10-8-6-5-7-9-11-27(35)33-31-19-21-17-23(29)13-15-25(21)37-4-2/h12-19H,3-11H2,1-2H3,(H,32,34)(H,33,35)/b30-18+,31-19+. The number of benzene rings is 2. The van der Waals surface area contributed by atoms with Gasteiger partial charge in [0.2, 0.25) is 11.8 Å². The Bertz CT molecular complexity index is 993. The first kappa shape index (κ1) is 30.5. The van der Waals surface area contributed by atoms with Gasteiger partial charge >= 0.3 is 0 Å². The highest BCUT2D eigenvalue weighted by molar-refractivity contribution is 9.10. The van der Waals surface area contributed by atoms with Gasteiger partial charge in [0, 0.05) is 32.9 Å². The number of carbonyl (C=O) groups excluding carboxylic acids is 2. The van der Waals surface area contributed by atoms with Gasteiger partial charge in [-0.1, -0.05) is 51.1 Å². The number of carbonyl (C=O) groups is 2. The molecule has 0 bridgehead atoms. The van der Waals surface area contributed by atoms with Crippen LogP contribution in [0.2, 0.25) is 0 Å². The second-order valence-electron chi connectivity index (χ2n) is 8.08. The summed E-state index contributed by atoms with van der Waals surface area (Å²) in [5, 5.41) is 8.09. The smallest absolute Gasteiger partial charge is 0.240 e. The van der Waals surface area contributed by atoms with Crippen LogP contribution in [0, 0.1) is 0 Å². The van der Waals surface area contributed by atoms with Crippen LogP contribution in [0.1, 0.15) is 69.9 Å². The predicted octanol–water partition coefficient (Wildman–Crippen LogP) is 6.34. The van der Waals surface area contributed by atoms with E-state index in [9.17, 15) is 9.59 Å². The maximum absolute atomic E-state index is 12.0. The van der Waals surface area contributed by atoms with E-state index in [0.717, 1.165) is 52.2 Å². The van der Waals surface area contributed by atoms with Gasteiger partial charge in [-0.25, -0.2) is 10.9 Å². The normalized spacial score (nSPS) is 11.1. The molecule has 0 aromatic heterocycles. The van der Waals surface area contributed by atoms with Crippen LogP contribution in [-0.2, 0) is 9.59 Å². The molecule has 0 aliphatic carbocycles. The Morgan fingerprint density at radius 1 is 0.730 bits per heavy atom. The molecule has 0 radical (unpaired) electrons. The van der Waals surface area contributed by atoms with Crippen molar-refractivity contribution in [3.8, 4) is 11.5 Å². The Balaban J connectivity index is 1.57. The SMILES string of the molecule is CCOc1ccc(Br)cc1/C=N/NC(=O)CCCCCCCC(=O)N/N=C/c1cc(Br)ccc1OCC. The summed E-state index contributed by atoms with van der Waals surface area (Å²) in [6.07, 6.45) is 8.31. The van der Waals surface area contributed by atoms with E-state index >= 15 is 0 Å². The van der Waals surface area contributed by atoms with Crippen molar-refractivity contribution in [2.24, 2.45) is 10.2 Å². The van der Waals surface area contributed by atoms with Gasteiger partial charge in [0.25, 0.3) is 0 Å². The molecule has 0 heterocycles. The first-order valence-corrected chi connectivity index (χ1v) is 14.0. The Morgan fingerprint density at radius 3 is 1.54 bits per heavy atom. The van der Waals surface area contributed by atoms with E-state index in [1.165, 1.54) is 0 Å². The lowest BCUT2D eigenvalue weighted by Gasteiger charge is -2.07. The zero-order valence-electron chi connectivity index (χ0n) is 21.3. The van der Waals surface area contributed by atoms with Gasteiger partial charge in [0.1, 0.15) is 11.5 Å². The van der Waals surface area contributed by atoms with E-state index in [1.807, 2.05) is 50.2 Å². The number of nitrogens with zero attached hydrogens (tertiary/aromatic N) is 2. The Hall–Kier alpha value is -2.72. The fraction of sp³-hybridized carbons (Fsp3) is 0.407. The first-order valence-electron chi connectivity index (χ1n) is 12.4. The Morgan fingerprint density at radius 2 is 1.14 bits per heavy atom. The van der Waals surface area contributed by atoms with Gasteiger partial charge in [0.15, 0.2) is 0 Å². The molecule has 0 atom stereocenters. The number of ether oxygens (including phenoxy) is 2. The highest BCUT2D eigenvalue weighted by Gasteiger charge is 2.05. The fourth-order valence-electron chi connectivity index (χ4n) is 3.38. The number of rotatable bonds is 16. The van der Waals surface area contributed by atoms with Crippen LogP contribution in [0.5, 0.6) is 11.5 Å². The van der Waals surface area contributed by atoms with Crippen molar-refractivity contribution >= 4 is 56.1 Å². The average Bonchev–Trinajstić information content (AvgIpc) is 2.86. The molecule has 2 amide bonds. The molecule has 0 saturated carbocycles. The van der Waals surface area contributed by atoms with Gasteiger partial charge < -0.3 is 9.47 Å². The van der Waals surface area contributed by atoms with Gasteiger partial charge in [-0.05, 0) is 63.1 Å². The number of unbranched alkanes of at least 4 members (excludes halogenated alkanes) is 4. The van der Waals surface area contributed by atoms with Crippen LogP contribution in [0.25, 0.3) is 0 Å². The summed E-state index contributed by atoms with van der Waals surface area (Å²) in [6, 6.07) is 11.3. The molecule has 0 fully saturated rings. The van der Waals surface area contributed by atoms with Crippen LogP contribution < -0.4 is 20.3 Å². The largest absolute Gasteiger partial charge is 0.493 e. The van der Waals surface area contributed by atoms with E-state index in [-0.39, 0.29) is 11.8 Å². The molecule has 0 aliphatic rings. The van der Waals surface area contributed by atoms with Crippen molar-refractivity contribution in [3.05, 3.63) is 56.5 Å². The molecule has 2 N–H and O–H groups in total. The van der Waals surface area contributed by atoms with Crippen LogP contribution in [-0.4, -0.2) is 37.5 Å². The number of hydrogen-bond acceptors (Lipinski definition) is 6. The zero-order valence-corrected chi connectivity index (χ0v) is 24.4. The third-order valence-corrected chi connectivity index (χ3v) is 6.12. The Kier molecular flexibility index (Phi) is 14.6. The van der Waals surface area contributed by atoms with Crippen molar-refractivity contribution in [1.29, 1.82) is 0 Å². The minimum atomic E-state index is -0.126. The van der Waals surface area contributed by atoms with Crippen LogP contribution in [0.4, 0.5) is 0 Å². The lowest BCUT2D eigenvalue weighted by Crippen LogP contribution is -2.17.